The van der Waals surface area contributed by atoms with Crippen LogP contribution in [-0.2, 0) is 20.5 Å². The van der Waals surface area contributed by atoms with Crippen LogP contribution < -0.4 is 5.32 Å². The highest BCUT2D eigenvalue weighted by molar-refractivity contribution is 5.86. The number of carboxylic acid groups (broad SMARTS) is 1. The van der Waals surface area contributed by atoms with Crippen molar-refractivity contribution >= 4 is 11.9 Å². The standard InChI is InChI=1S/C24H26F2N2O3/c1-16(29)27-23(17-5-3-2-4-6-17)9-11-28(12-10-23)15-19-14-24(19,22(30)31)18-7-8-20(25)21(26)13-18/h2-8,13,19H,9-12,14-15H2,1H3,(H,27,29)(H,30,31). The first-order valence-corrected chi connectivity index (χ1v) is 10.5. The Labute approximate surface area is 180 Å². The predicted molar refractivity (Wildman–Crippen MR) is 111 cm³/mol. The summed E-state index contributed by atoms with van der Waals surface area (Å²) in [5.74, 6) is -3.25. The minimum atomic E-state index is -1.17. The zero-order valence-electron chi connectivity index (χ0n) is 17.4. The average Bonchev–Trinajstić information content (AvgIpc) is 3.47. The van der Waals surface area contributed by atoms with Gasteiger partial charge in [0.1, 0.15) is 0 Å². The summed E-state index contributed by atoms with van der Waals surface area (Å²) in [6.45, 7) is 3.50. The highest BCUT2D eigenvalue weighted by atomic mass is 19.2. The van der Waals surface area contributed by atoms with Crippen molar-refractivity contribution in [3.8, 4) is 0 Å². The van der Waals surface area contributed by atoms with Crippen LogP contribution in [0, 0.1) is 17.6 Å². The molecule has 0 spiro atoms. The number of nitrogens with zero attached hydrogens (tertiary/aromatic N) is 1. The summed E-state index contributed by atoms with van der Waals surface area (Å²) in [4.78, 5) is 26.1. The topological polar surface area (TPSA) is 69.6 Å². The quantitative estimate of drug-likeness (QED) is 0.740. The van der Waals surface area contributed by atoms with E-state index in [1.807, 2.05) is 30.3 Å². The summed E-state index contributed by atoms with van der Waals surface area (Å²) < 4.78 is 27.0. The van der Waals surface area contributed by atoms with Gasteiger partial charge in [0.15, 0.2) is 11.6 Å². The largest absolute Gasteiger partial charge is 0.481 e. The second-order valence-electron chi connectivity index (χ2n) is 8.74. The Morgan fingerprint density at radius 3 is 2.32 bits per heavy atom. The summed E-state index contributed by atoms with van der Waals surface area (Å²) in [5, 5.41) is 13.0. The van der Waals surface area contributed by atoms with Gasteiger partial charge in [0.25, 0.3) is 0 Å². The second kappa shape index (κ2) is 8.04. The van der Waals surface area contributed by atoms with E-state index in [0.717, 1.165) is 17.7 Å². The number of amides is 1. The molecule has 1 saturated heterocycles. The molecule has 1 saturated carbocycles. The maximum absolute atomic E-state index is 13.7. The Balaban J connectivity index is 1.46. The van der Waals surface area contributed by atoms with Gasteiger partial charge in [-0.2, -0.15) is 0 Å². The lowest BCUT2D eigenvalue weighted by Gasteiger charge is -2.43. The van der Waals surface area contributed by atoms with E-state index in [-0.39, 0.29) is 11.8 Å². The van der Waals surface area contributed by atoms with E-state index in [0.29, 0.717) is 44.5 Å². The number of halogens is 2. The van der Waals surface area contributed by atoms with Crippen LogP contribution in [0.1, 0.15) is 37.3 Å². The molecule has 2 fully saturated rings. The van der Waals surface area contributed by atoms with E-state index in [4.69, 9.17) is 0 Å². The number of carboxylic acids is 1. The molecular weight excluding hydrogens is 402 g/mol. The molecule has 2 aromatic carbocycles. The van der Waals surface area contributed by atoms with Gasteiger partial charge in [-0.25, -0.2) is 8.78 Å². The molecule has 1 aliphatic heterocycles. The molecular formula is C24H26F2N2O3. The summed E-state index contributed by atoms with van der Waals surface area (Å²) >= 11 is 0. The van der Waals surface area contributed by atoms with Gasteiger partial charge in [0, 0.05) is 26.6 Å². The second-order valence-corrected chi connectivity index (χ2v) is 8.74. The lowest BCUT2D eigenvalue weighted by molar-refractivity contribution is -0.140. The number of rotatable bonds is 6. The van der Waals surface area contributed by atoms with Gasteiger partial charge in [-0.3, -0.25) is 9.59 Å². The highest BCUT2D eigenvalue weighted by Gasteiger charge is 2.62. The molecule has 7 heteroatoms. The summed E-state index contributed by atoms with van der Waals surface area (Å²) in [7, 11) is 0. The molecule has 1 heterocycles. The monoisotopic (exact) mass is 428 g/mol. The minimum absolute atomic E-state index is 0.0808. The van der Waals surface area contributed by atoms with Crippen LogP contribution in [0.3, 0.4) is 0 Å². The molecule has 2 N–H and O–H groups in total. The van der Waals surface area contributed by atoms with Crippen LogP contribution in [0.2, 0.25) is 0 Å². The zero-order valence-corrected chi connectivity index (χ0v) is 17.4. The molecule has 1 aliphatic carbocycles. The van der Waals surface area contributed by atoms with Crippen molar-refractivity contribution in [2.45, 2.75) is 37.1 Å². The summed E-state index contributed by atoms with van der Waals surface area (Å²) in [5.41, 5.74) is -0.215. The Bertz CT molecular complexity index is 990. The van der Waals surface area contributed by atoms with Gasteiger partial charge in [-0.15, -0.1) is 0 Å². The molecule has 1 amide bonds. The molecule has 31 heavy (non-hydrogen) atoms. The van der Waals surface area contributed by atoms with Crippen LogP contribution in [-0.4, -0.2) is 41.5 Å². The molecule has 2 unspecified atom stereocenters. The number of nitrogens with one attached hydrogen (secondary N) is 1. The van der Waals surface area contributed by atoms with Crippen LogP contribution in [0.25, 0.3) is 0 Å². The van der Waals surface area contributed by atoms with Gasteiger partial charge >= 0.3 is 5.97 Å². The third-order valence-electron chi connectivity index (χ3n) is 6.85. The van der Waals surface area contributed by atoms with Crippen LogP contribution in [0.15, 0.2) is 48.5 Å². The highest BCUT2D eigenvalue weighted by Crippen LogP contribution is 2.55. The maximum Gasteiger partial charge on any atom is 0.314 e. The van der Waals surface area contributed by atoms with Crippen molar-refractivity contribution in [1.82, 2.24) is 10.2 Å². The molecule has 0 radical (unpaired) electrons. The van der Waals surface area contributed by atoms with E-state index in [9.17, 15) is 23.5 Å². The van der Waals surface area contributed by atoms with Gasteiger partial charge in [-0.1, -0.05) is 36.4 Å². The smallest absolute Gasteiger partial charge is 0.314 e. The number of carbonyl (C=O) groups excluding carboxylic acids is 1. The Kier molecular flexibility index (Phi) is 5.56. The van der Waals surface area contributed by atoms with Crippen LogP contribution >= 0.6 is 0 Å². The number of piperidine rings is 1. The number of benzene rings is 2. The molecule has 0 aromatic heterocycles. The fourth-order valence-electron chi connectivity index (χ4n) is 5.07. The lowest BCUT2D eigenvalue weighted by atomic mass is 9.80. The fourth-order valence-corrected chi connectivity index (χ4v) is 5.07. The number of carbonyl (C=O) groups is 2. The van der Waals surface area contributed by atoms with Crippen molar-refractivity contribution in [3.63, 3.8) is 0 Å². The van der Waals surface area contributed by atoms with Gasteiger partial charge in [0.2, 0.25) is 5.91 Å². The number of likely N-dealkylation sites (tertiary alicyclic amines) is 1. The van der Waals surface area contributed by atoms with Gasteiger partial charge < -0.3 is 15.3 Å². The Morgan fingerprint density at radius 1 is 1.06 bits per heavy atom. The van der Waals surface area contributed by atoms with Gasteiger partial charge in [0.05, 0.1) is 11.0 Å². The zero-order chi connectivity index (χ0) is 22.2. The third kappa shape index (κ3) is 3.94. The van der Waals surface area contributed by atoms with Crippen LogP contribution in [0.4, 0.5) is 8.78 Å². The van der Waals surface area contributed by atoms with Crippen molar-refractivity contribution in [1.29, 1.82) is 0 Å². The molecule has 0 bridgehead atoms. The van der Waals surface area contributed by atoms with Gasteiger partial charge in [-0.05, 0) is 48.4 Å². The molecule has 5 nitrogen and oxygen atoms in total. The average molecular weight is 428 g/mol. The normalized spacial score (nSPS) is 25.1. The van der Waals surface area contributed by atoms with Crippen LogP contribution in [0.5, 0.6) is 0 Å². The Hall–Kier alpha value is -2.80. The van der Waals surface area contributed by atoms with E-state index >= 15 is 0 Å². The predicted octanol–water partition coefficient (Wildman–Crippen LogP) is 3.43. The number of aliphatic carboxylic acids is 1. The molecule has 2 atom stereocenters. The van der Waals surface area contributed by atoms with Crippen molar-refractivity contribution < 1.29 is 23.5 Å². The molecule has 4 rings (SSSR count). The number of hydrogen-bond acceptors (Lipinski definition) is 3. The third-order valence-corrected chi connectivity index (χ3v) is 6.85. The SMILES string of the molecule is CC(=O)NC1(c2ccccc2)CCN(CC2CC2(C(=O)O)c2ccc(F)c(F)c2)CC1. The van der Waals surface area contributed by atoms with Crippen molar-refractivity contribution in [3.05, 3.63) is 71.3 Å². The number of hydrogen-bond donors (Lipinski definition) is 2. The Morgan fingerprint density at radius 2 is 1.74 bits per heavy atom. The van der Waals surface area contributed by atoms with E-state index < -0.39 is 28.6 Å². The minimum Gasteiger partial charge on any atom is -0.481 e. The van der Waals surface area contributed by atoms with Crippen molar-refractivity contribution in [2.75, 3.05) is 19.6 Å². The maximum atomic E-state index is 13.7. The van der Waals surface area contributed by atoms with E-state index in [1.165, 1.54) is 13.0 Å². The summed E-state index contributed by atoms with van der Waals surface area (Å²) in [6.07, 6.45) is 1.84. The first-order chi connectivity index (χ1) is 14.8. The first kappa shape index (κ1) is 21.4. The first-order valence-electron chi connectivity index (χ1n) is 10.5. The molecule has 2 aliphatic rings. The van der Waals surface area contributed by atoms with E-state index in [2.05, 4.69) is 10.2 Å². The molecule has 164 valence electrons. The fraction of sp³-hybridized carbons (Fsp3) is 0.417. The van der Waals surface area contributed by atoms with E-state index in [1.54, 1.807) is 0 Å². The van der Waals surface area contributed by atoms with Crippen molar-refractivity contribution in [2.24, 2.45) is 5.92 Å². The lowest BCUT2D eigenvalue weighted by Crippen LogP contribution is -2.53. The molecule has 2 aromatic rings. The summed E-state index contributed by atoms with van der Waals surface area (Å²) in [6, 6.07) is 13.3.